The zero-order valence-electron chi connectivity index (χ0n) is 19.5. The van der Waals surface area contributed by atoms with Gasteiger partial charge < -0.3 is 20.1 Å². The van der Waals surface area contributed by atoms with Crippen LogP contribution in [0.5, 0.6) is 0 Å². The molecule has 0 aliphatic heterocycles. The quantitative estimate of drug-likeness (QED) is 0.416. The topological polar surface area (TPSA) is 128 Å². The van der Waals surface area contributed by atoms with Crippen molar-refractivity contribution in [3.8, 4) is 0 Å². The Hall–Kier alpha value is -3.23. The van der Waals surface area contributed by atoms with Crippen molar-refractivity contribution in [1.29, 1.82) is 0 Å². The van der Waals surface area contributed by atoms with Crippen LogP contribution in [-0.4, -0.2) is 49.8 Å². The highest BCUT2D eigenvalue weighted by atomic mass is 16.5. The van der Waals surface area contributed by atoms with E-state index in [2.05, 4.69) is 10.6 Å². The number of ketones is 1. The fourth-order valence-electron chi connectivity index (χ4n) is 2.71. The number of nitrogens with one attached hydrogen (secondary N) is 2. The number of esters is 2. The van der Waals surface area contributed by atoms with Crippen LogP contribution < -0.4 is 10.6 Å². The summed E-state index contributed by atoms with van der Waals surface area (Å²) in [5.41, 5.74) is -0.0862. The third-order valence-electron chi connectivity index (χ3n) is 4.71. The number of amides is 2. The van der Waals surface area contributed by atoms with Gasteiger partial charge in [0.25, 0.3) is 0 Å². The molecule has 9 heteroatoms. The molecule has 1 aromatic rings. The first-order valence-electron chi connectivity index (χ1n) is 10.4. The van der Waals surface area contributed by atoms with Crippen molar-refractivity contribution in [3.63, 3.8) is 0 Å². The van der Waals surface area contributed by atoms with E-state index >= 15 is 0 Å². The summed E-state index contributed by atoms with van der Waals surface area (Å²) in [5, 5.41) is 5.26. The van der Waals surface area contributed by atoms with Crippen LogP contribution in [0.15, 0.2) is 18.2 Å². The molecule has 1 aromatic carbocycles. The lowest BCUT2D eigenvalue weighted by atomic mass is 9.95. The molecule has 0 aromatic heterocycles. The van der Waals surface area contributed by atoms with Crippen LogP contribution in [0.1, 0.15) is 74.1 Å². The number of ether oxygens (including phenoxy) is 2. The van der Waals surface area contributed by atoms with Crippen molar-refractivity contribution in [2.24, 2.45) is 5.41 Å². The summed E-state index contributed by atoms with van der Waals surface area (Å²) in [5.74, 6) is -2.09. The van der Waals surface area contributed by atoms with Crippen LogP contribution >= 0.6 is 0 Å². The molecule has 1 rings (SSSR count). The standard InChI is InChI=1S/C23H32N2O7/c1-7-19(27)24-17(21(29)32-6)9-8-10-18(26)14-11-12-16(15(13-14)20(28)31-5)25-22(30)23(2,3)4/h11-13,17H,7-10H2,1-6H3,(H,24,27)(H,25,30)/t17-/m0/s1. The van der Waals surface area contributed by atoms with Gasteiger partial charge in [-0.1, -0.05) is 27.7 Å². The molecule has 176 valence electrons. The van der Waals surface area contributed by atoms with Gasteiger partial charge in [0, 0.05) is 23.8 Å². The minimum atomic E-state index is -0.833. The fraction of sp³-hybridized carbons (Fsp3) is 0.522. The summed E-state index contributed by atoms with van der Waals surface area (Å²) in [6.45, 7) is 6.88. The van der Waals surface area contributed by atoms with Gasteiger partial charge >= 0.3 is 11.9 Å². The maximum absolute atomic E-state index is 12.7. The summed E-state index contributed by atoms with van der Waals surface area (Å²) in [4.78, 5) is 60.6. The Kier molecular flexibility index (Phi) is 10.0. The SMILES string of the molecule is CCC(=O)N[C@@H](CCCC(=O)c1ccc(NC(=O)C(C)(C)C)c(C(=O)OC)c1)C(=O)OC. The Bertz CT molecular complexity index is 872. The molecule has 32 heavy (non-hydrogen) atoms. The Labute approximate surface area is 188 Å². The van der Waals surface area contributed by atoms with Crippen molar-refractivity contribution in [1.82, 2.24) is 5.32 Å². The summed E-state index contributed by atoms with van der Waals surface area (Å²) in [6, 6.07) is 3.55. The number of hydrogen-bond acceptors (Lipinski definition) is 7. The maximum atomic E-state index is 12.7. The van der Waals surface area contributed by atoms with Crippen molar-refractivity contribution >= 4 is 35.2 Å². The molecule has 0 saturated carbocycles. The number of methoxy groups -OCH3 is 2. The highest BCUT2D eigenvalue weighted by Crippen LogP contribution is 2.23. The minimum Gasteiger partial charge on any atom is -0.467 e. The van der Waals surface area contributed by atoms with Gasteiger partial charge in [-0.15, -0.1) is 0 Å². The number of anilines is 1. The molecular weight excluding hydrogens is 416 g/mol. The van der Waals surface area contributed by atoms with Crippen molar-refractivity contribution < 1.29 is 33.4 Å². The Morgan fingerprint density at radius 1 is 1.03 bits per heavy atom. The van der Waals surface area contributed by atoms with E-state index in [0.29, 0.717) is 6.42 Å². The van der Waals surface area contributed by atoms with E-state index in [1.807, 2.05) is 0 Å². The first-order chi connectivity index (χ1) is 14.9. The molecule has 0 aliphatic rings. The molecule has 0 bridgehead atoms. The maximum Gasteiger partial charge on any atom is 0.339 e. The molecule has 0 unspecified atom stereocenters. The molecule has 0 heterocycles. The molecule has 0 spiro atoms. The molecule has 9 nitrogen and oxygen atoms in total. The smallest absolute Gasteiger partial charge is 0.339 e. The normalized spacial score (nSPS) is 11.8. The molecule has 0 fully saturated rings. The largest absolute Gasteiger partial charge is 0.467 e. The van der Waals surface area contributed by atoms with Crippen LogP contribution in [0.25, 0.3) is 0 Å². The summed E-state index contributed by atoms with van der Waals surface area (Å²) in [7, 11) is 2.44. The lowest BCUT2D eigenvalue weighted by Gasteiger charge is -2.19. The Balaban J connectivity index is 2.94. The Morgan fingerprint density at radius 3 is 2.22 bits per heavy atom. The average molecular weight is 449 g/mol. The van der Waals surface area contributed by atoms with E-state index in [4.69, 9.17) is 9.47 Å². The number of carbonyl (C=O) groups is 5. The fourth-order valence-corrected chi connectivity index (χ4v) is 2.71. The predicted octanol–water partition coefficient (Wildman–Crippen LogP) is 2.88. The summed E-state index contributed by atoms with van der Waals surface area (Å²) in [6.07, 6.45) is 0.858. The second kappa shape index (κ2) is 12.0. The molecular formula is C23H32N2O7. The van der Waals surface area contributed by atoms with E-state index in [-0.39, 0.29) is 53.7 Å². The Morgan fingerprint density at radius 2 is 1.69 bits per heavy atom. The summed E-state index contributed by atoms with van der Waals surface area (Å²) < 4.78 is 9.48. The van der Waals surface area contributed by atoms with Gasteiger partial charge in [-0.25, -0.2) is 9.59 Å². The predicted molar refractivity (Wildman–Crippen MR) is 118 cm³/mol. The zero-order valence-corrected chi connectivity index (χ0v) is 19.5. The second-order valence-electron chi connectivity index (χ2n) is 8.27. The molecule has 2 amide bonds. The van der Waals surface area contributed by atoms with E-state index in [1.165, 1.54) is 32.4 Å². The van der Waals surface area contributed by atoms with Gasteiger partial charge in [0.2, 0.25) is 11.8 Å². The third-order valence-corrected chi connectivity index (χ3v) is 4.71. The second-order valence-corrected chi connectivity index (χ2v) is 8.27. The van der Waals surface area contributed by atoms with Crippen LogP contribution in [-0.2, 0) is 23.9 Å². The molecule has 0 radical (unpaired) electrons. The van der Waals surface area contributed by atoms with Gasteiger partial charge in [-0.2, -0.15) is 0 Å². The number of Topliss-reactive ketones (excluding diaryl/α,β-unsaturated/α-hetero) is 1. The zero-order chi connectivity index (χ0) is 24.5. The molecule has 1 atom stereocenters. The molecule has 2 N–H and O–H groups in total. The van der Waals surface area contributed by atoms with Gasteiger partial charge in [-0.05, 0) is 31.0 Å². The first-order valence-corrected chi connectivity index (χ1v) is 10.4. The van der Waals surface area contributed by atoms with E-state index < -0.39 is 23.4 Å². The van der Waals surface area contributed by atoms with Crippen molar-refractivity contribution in [2.45, 2.75) is 59.4 Å². The first kappa shape index (κ1) is 26.8. The van der Waals surface area contributed by atoms with E-state index in [9.17, 15) is 24.0 Å². The van der Waals surface area contributed by atoms with Crippen LogP contribution in [0.3, 0.4) is 0 Å². The van der Waals surface area contributed by atoms with Gasteiger partial charge in [0.15, 0.2) is 5.78 Å². The number of benzene rings is 1. The lowest BCUT2D eigenvalue weighted by molar-refractivity contribution is -0.145. The monoisotopic (exact) mass is 448 g/mol. The van der Waals surface area contributed by atoms with E-state index in [0.717, 1.165) is 0 Å². The van der Waals surface area contributed by atoms with Gasteiger partial charge in [0.05, 0.1) is 25.5 Å². The number of rotatable bonds is 10. The lowest BCUT2D eigenvalue weighted by Crippen LogP contribution is -2.41. The average Bonchev–Trinajstić information content (AvgIpc) is 2.76. The third kappa shape index (κ3) is 7.79. The minimum absolute atomic E-state index is 0.0681. The van der Waals surface area contributed by atoms with Gasteiger partial charge in [-0.3, -0.25) is 14.4 Å². The van der Waals surface area contributed by atoms with Gasteiger partial charge in [0.1, 0.15) is 6.04 Å². The van der Waals surface area contributed by atoms with Crippen molar-refractivity contribution in [3.05, 3.63) is 29.3 Å². The molecule has 0 aliphatic carbocycles. The number of hydrogen-bond donors (Lipinski definition) is 2. The summed E-state index contributed by atoms with van der Waals surface area (Å²) >= 11 is 0. The highest BCUT2D eigenvalue weighted by Gasteiger charge is 2.25. The van der Waals surface area contributed by atoms with E-state index in [1.54, 1.807) is 27.7 Å². The van der Waals surface area contributed by atoms with Crippen LogP contribution in [0.2, 0.25) is 0 Å². The van der Waals surface area contributed by atoms with Crippen LogP contribution in [0, 0.1) is 5.41 Å². The van der Waals surface area contributed by atoms with Crippen LogP contribution in [0.4, 0.5) is 5.69 Å². The highest BCUT2D eigenvalue weighted by molar-refractivity contribution is 6.05. The van der Waals surface area contributed by atoms with Crippen molar-refractivity contribution in [2.75, 3.05) is 19.5 Å². The number of carbonyl (C=O) groups excluding carboxylic acids is 5. The molecule has 0 saturated heterocycles.